The number of hydrogen-bond donors (Lipinski definition) is 1. The third-order valence-corrected chi connectivity index (χ3v) is 5.10. The van der Waals surface area contributed by atoms with E-state index in [1.165, 1.54) is 11.5 Å². The molecule has 0 saturated carbocycles. The van der Waals surface area contributed by atoms with E-state index < -0.39 is 0 Å². The Morgan fingerprint density at radius 1 is 1.50 bits per heavy atom. The molecular weight excluding hydrogens is 248 g/mol. The average Bonchev–Trinajstić information content (AvgIpc) is 3.05. The van der Waals surface area contributed by atoms with Crippen molar-refractivity contribution in [3.63, 3.8) is 0 Å². The zero-order chi connectivity index (χ0) is 12.7. The number of nitrogens with one attached hydrogen (secondary N) is 1. The normalized spacial score (nSPS) is 32.8. The van der Waals surface area contributed by atoms with Gasteiger partial charge in [-0.2, -0.15) is 4.37 Å². The minimum absolute atomic E-state index is 0.0194. The van der Waals surface area contributed by atoms with Gasteiger partial charge in [0.1, 0.15) is 6.10 Å². The molecule has 3 heterocycles. The van der Waals surface area contributed by atoms with E-state index in [1.807, 2.05) is 6.92 Å². The van der Waals surface area contributed by atoms with Crippen LogP contribution in [0.5, 0.6) is 0 Å². The van der Waals surface area contributed by atoms with Gasteiger partial charge in [0.05, 0.1) is 0 Å². The van der Waals surface area contributed by atoms with E-state index in [1.54, 1.807) is 7.11 Å². The standard InChI is InChI=1S/C12H20N4OS/c1-7-10-5-13-4-9(10)6-16(7)12-14-11(15-18-12)8(2)17-3/h7-10,13H,4-6H2,1-3H3. The van der Waals surface area contributed by atoms with Crippen LogP contribution in [0.1, 0.15) is 25.8 Å². The second kappa shape index (κ2) is 4.75. The third kappa shape index (κ3) is 1.92. The lowest BCUT2D eigenvalue weighted by molar-refractivity contribution is 0.113. The molecule has 2 fully saturated rings. The monoisotopic (exact) mass is 268 g/mol. The minimum Gasteiger partial charge on any atom is -0.374 e. The highest BCUT2D eigenvalue weighted by molar-refractivity contribution is 7.09. The molecule has 2 aliphatic heterocycles. The molecule has 100 valence electrons. The lowest BCUT2D eigenvalue weighted by Crippen LogP contribution is -2.33. The predicted molar refractivity (Wildman–Crippen MR) is 72.0 cm³/mol. The molecule has 0 amide bonds. The molecule has 1 N–H and O–H groups in total. The highest BCUT2D eigenvalue weighted by Crippen LogP contribution is 2.36. The van der Waals surface area contributed by atoms with E-state index in [4.69, 9.17) is 4.74 Å². The van der Waals surface area contributed by atoms with Crippen LogP contribution >= 0.6 is 11.5 Å². The van der Waals surface area contributed by atoms with Crippen molar-refractivity contribution in [1.29, 1.82) is 0 Å². The van der Waals surface area contributed by atoms with Gasteiger partial charge < -0.3 is 15.0 Å². The van der Waals surface area contributed by atoms with Gasteiger partial charge in [0.25, 0.3) is 0 Å². The van der Waals surface area contributed by atoms with E-state index >= 15 is 0 Å². The molecule has 1 aromatic heterocycles. The first-order valence-corrected chi connectivity index (χ1v) is 7.31. The summed E-state index contributed by atoms with van der Waals surface area (Å²) in [6.45, 7) is 7.68. The summed E-state index contributed by atoms with van der Waals surface area (Å²) in [6.07, 6.45) is -0.0194. The lowest BCUT2D eigenvalue weighted by Gasteiger charge is -2.23. The molecule has 3 rings (SSSR count). The molecule has 0 radical (unpaired) electrons. The molecule has 5 nitrogen and oxygen atoms in total. The summed E-state index contributed by atoms with van der Waals surface area (Å²) in [6, 6.07) is 0.559. The second-order valence-corrected chi connectivity index (χ2v) is 6.02. The van der Waals surface area contributed by atoms with Crippen LogP contribution in [0.2, 0.25) is 0 Å². The van der Waals surface area contributed by atoms with Crippen molar-refractivity contribution in [1.82, 2.24) is 14.7 Å². The molecule has 0 spiro atoms. The van der Waals surface area contributed by atoms with Crippen molar-refractivity contribution in [2.24, 2.45) is 11.8 Å². The molecule has 0 aliphatic carbocycles. The van der Waals surface area contributed by atoms with Gasteiger partial charge in [-0.1, -0.05) is 0 Å². The topological polar surface area (TPSA) is 50.3 Å². The van der Waals surface area contributed by atoms with Crippen molar-refractivity contribution in [3.8, 4) is 0 Å². The summed E-state index contributed by atoms with van der Waals surface area (Å²) in [5, 5.41) is 4.53. The van der Waals surface area contributed by atoms with E-state index in [-0.39, 0.29) is 6.10 Å². The van der Waals surface area contributed by atoms with Gasteiger partial charge in [-0.3, -0.25) is 0 Å². The van der Waals surface area contributed by atoms with Crippen LogP contribution in [0.15, 0.2) is 0 Å². The van der Waals surface area contributed by atoms with Gasteiger partial charge in [-0.25, -0.2) is 4.98 Å². The molecule has 2 saturated heterocycles. The Labute approximate surface area is 112 Å². The minimum atomic E-state index is -0.0194. The number of aromatic nitrogens is 2. The van der Waals surface area contributed by atoms with Gasteiger partial charge in [0.15, 0.2) is 5.82 Å². The van der Waals surface area contributed by atoms with Gasteiger partial charge in [0, 0.05) is 44.3 Å². The molecule has 0 bridgehead atoms. The first-order chi connectivity index (χ1) is 8.70. The molecule has 18 heavy (non-hydrogen) atoms. The van der Waals surface area contributed by atoms with Crippen LogP contribution < -0.4 is 10.2 Å². The molecule has 4 atom stereocenters. The molecular formula is C12H20N4OS. The maximum absolute atomic E-state index is 5.27. The Kier molecular flexibility index (Phi) is 3.25. The Bertz CT molecular complexity index is 424. The van der Waals surface area contributed by atoms with E-state index in [9.17, 15) is 0 Å². The maximum atomic E-state index is 5.27. The number of methoxy groups -OCH3 is 1. The Morgan fingerprint density at radius 2 is 2.33 bits per heavy atom. The van der Waals surface area contributed by atoms with E-state index in [0.717, 1.165) is 42.4 Å². The fraction of sp³-hybridized carbons (Fsp3) is 0.833. The summed E-state index contributed by atoms with van der Waals surface area (Å²) in [4.78, 5) is 7.05. The molecule has 1 aromatic rings. The van der Waals surface area contributed by atoms with Gasteiger partial charge in [0.2, 0.25) is 5.13 Å². The molecule has 4 unspecified atom stereocenters. The first-order valence-electron chi connectivity index (χ1n) is 6.54. The van der Waals surface area contributed by atoms with E-state index in [0.29, 0.717) is 6.04 Å². The Hall–Kier alpha value is -0.720. The van der Waals surface area contributed by atoms with Crippen LogP contribution in [0.25, 0.3) is 0 Å². The summed E-state index contributed by atoms with van der Waals surface area (Å²) in [5.74, 6) is 2.34. The number of fused-ring (bicyclic) bond motifs is 1. The maximum Gasteiger partial charge on any atom is 0.205 e. The first kappa shape index (κ1) is 12.3. The van der Waals surface area contributed by atoms with Crippen LogP contribution in [-0.4, -0.2) is 42.1 Å². The number of rotatable bonds is 3. The lowest BCUT2D eigenvalue weighted by atomic mass is 9.95. The Balaban J connectivity index is 1.77. The highest BCUT2D eigenvalue weighted by Gasteiger charge is 2.42. The van der Waals surface area contributed by atoms with Crippen LogP contribution in [0.4, 0.5) is 5.13 Å². The van der Waals surface area contributed by atoms with Crippen molar-refractivity contribution in [3.05, 3.63) is 5.82 Å². The van der Waals surface area contributed by atoms with Crippen molar-refractivity contribution >= 4 is 16.7 Å². The third-order valence-electron chi connectivity index (χ3n) is 4.33. The van der Waals surface area contributed by atoms with Gasteiger partial charge in [-0.15, -0.1) is 0 Å². The van der Waals surface area contributed by atoms with Crippen molar-refractivity contribution in [2.45, 2.75) is 26.0 Å². The summed E-state index contributed by atoms with van der Waals surface area (Å²) in [7, 11) is 1.69. The van der Waals surface area contributed by atoms with Crippen LogP contribution in [0, 0.1) is 11.8 Å². The largest absolute Gasteiger partial charge is 0.374 e. The molecule has 6 heteroatoms. The smallest absolute Gasteiger partial charge is 0.205 e. The molecule has 2 aliphatic rings. The van der Waals surface area contributed by atoms with Crippen LogP contribution in [0.3, 0.4) is 0 Å². The van der Waals surface area contributed by atoms with E-state index in [2.05, 4.69) is 26.5 Å². The quantitative estimate of drug-likeness (QED) is 0.895. The zero-order valence-corrected chi connectivity index (χ0v) is 11.9. The zero-order valence-electron chi connectivity index (χ0n) is 11.1. The summed E-state index contributed by atoms with van der Waals surface area (Å²) in [5.41, 5.74) is 0. The predicted octanol–water partition coefficient (Wildman–Crippen LogP) is 1.29. The number of ether oxygens (including phenoxy) is 1. The number of hydrogen-bond acceptors (Lipinski definition) is 6. The van der Waals surface area contributed by atoms with Crippen molar-refractivity contribution < 1.29 is 4.74 Å². The Morgan fingerprint density at radius 3 is 3.06 bits per heavy atom. The fourth-order valence-electron chi connectivity index (χ4n) is 3.03. The molecule has 0 aromatic carbocycles. The van der Waals surface area contributed by atoms with Crippen molar-refractivity contribution in [2.75, 3.05) is 31.6 Å². The number of anilines is 1. The highest BCUT2D eigenvalue weighted by atomic mass is 32.1. The second-order valence-electron chi connectivity index (χ2n) is 5.29. The number of nitrogens with zero attached hydrogens (tertiary/aromatic N) is 3. The van der Waals surface area contributed by atoms with Gasteiger partial charge >= 0.3 is 0 Å². The van der Waals surface area contributed by atoms with Crippen LogP contribution in [-0.2, 0) is 4.74 Å². The fourth-order valence-corrected chi connectivity index (χ4v) is 3.88. The average molecular weight is 268 g/mol. The van der Waals surface area contributed by atoms with Gasteiger partial charge in [-0.05, 0) is 25.7 Å². The summed E-state index contributed by atoms with van der Waals surface area (Å²) < 4.78 is 9.67. The summed E-state index contributed by atoms with van der Waals surface area (Å²) >= 11 is 1.50. The SMILES string of the molecule is COC(C)c1nsc(N2CC3CNCC3C2C)n1.